The van der Waals surface area contributed by atoms with Gasteiger partial charge in [0, 0.05) is 13.0 Å². The van der Waals surface area contributed by atoms with Gasteiger partial charge in [-0.25, -0.2) is 0 Å². The van der Waals surface area contributed by atoms with Crippen molar-refractivity contribution in [2.45, 2.75) is 25.2 Å². The minimum absolute atomic E-state index is 0.634. The van der Waals surface area contributed by atoms with Gasteiger partial charge in [0.1, 0.15) is 0 Å². The van der Waals surface area contributed by atoms with Gasteiger partial charge in [0.25, 0.3) is 0 Å². The minimum atomic E-state index is 0.634. The van der Waals surface area contributed by atoms with Crippen LogP contribution in [0, 0.1) is 0 Å². The summed E-state index contributed by atoms with van der Waals surface area (Å²) in [6, 6.07) is 8.76. The molecule has 0 spiro atoms. The lowest BCUT2D eigenvalue weighted by atomic mass is 9.83. The van der Waals surface area contributed by atoms with Crippen LogP contribution in [0.3, 0.4) is 0 Å². The van der Waals surface area contributed by atoms with Gasteiger partial charge in [0.2, 0.25) is 0 Å². The van der Waals surface area contributed by atoms with Crippen molar-refractivity contribution in [3.63, 3.8) is 0 Å². The van der Waals surface area contributed by atoms with E-state index in [1.54, 1.807) is 7.11 Å². The zero-order chi connectivity index (χ0) is 9.10. The maximum absolute atomic E-state index is 5.24. The molecular formula is C12H16O. The number of hydrogen-bond acceptors (Lipinski definition) is 1. The van der Waals surface area contributed by atoms with E-state index in [9.17, 15) is 0 Å². The summed E-state index contributed by atoms with van der Waals surface area (Å²) in [6.07, 6.45) is 3.84. The van der Waals surface area contributed by atoms with Gasteiger partial charge in [-0.1, -0.05) is 24.3 Å². The summed E-state index contributed by atoms with van der Waals surface area (Å²) in [5.74, 6) is 0.634. The molecule has 70 valence electrons. The number of hydrogen-bond donors (Lipinski definition) is 0. The molecule has 0 N–H and O–H groups in total. The molecule has 1 nitrogen and oxygen atoms in total. The van der Waals surface area contributed by atoms with Crippen LogP contribution < -0.4 is 0 Å². The molecule has 13 heavy (non-hydrogen) atoms. The molecule has 1 aromatic carbocycles. The van der Waals surface area contributed by atoms with E-state index in [4.69, 9.17) is 4.74 Å². The van der Waals surface area contributed by atoms with Crippen LogP contribution in [0.15, 0.2) is 24.3 Å². The summed E-state index contributed by atoms with van der Waals surface area (Å²) >= 11 is 0. The number of benzene rings is 1. The maximum atomic E-state index is 5.24. The molecule has 1 heteroatoms. The van der Waals surface area contributed by atoms with E-state index in [0.29, 0.717) is 5.92 Å². The van der Waals surface area contributed by atoms with Gasteiger partial charge in [0.05, 0.1) is 6.61 Å². The summed E-state index contributed by atoms with van der Waals surface area (Å²) in [5, 5.41) is 0. The Morgan fingerprint density at radius 2 is 2.23 bits per heavy atom. The van der Waals surface area contributed by atoms with Crippen molar-refractivity contribution in [1.29, 1.82) is 0 Å². The highest BCUT2D eigenvalue weighted by atomic mass is 16.5. The second kappa shape index (κ2) is 3.93. The van der Waals surface area contributed by atoms with Gasteiger partial charge in [-0.2, -0.15) is 0 Å². The molecule has 0 fully saturated rings. The number of rotatable bonds is 2. The Balaban J connectivity index is 2.26. The van der Waals surface area contributed by atoms with Crippen LogP contribution in [0.5, 0.6) is 0 Å². The van der Waals surface area contributed by atoms with Crippen molar-refractivity contribution in [1.82, 2.24) is 0 Å². The van der Waals surface area contributed by atoms with Crippen LogP contribution in [0.25, 0.3) is 0 Å². The Kier molecular flexibility index (Phi) is 2.65. The topological polar surface area (TPSA) is 9.23 Å². The third-order valence-electron chi connectivity index (χ3n) is 2.86. The van der Waals surface area contributed by atoms with E-state index in [1.807, 2.05) is 0 Å². The second-order valence-corrected chi connectivity index (χ2v) is 3.74. The average Bonchev–Trinajstić information content (AvgIpc) is 2.19. The molecular weight excluding hydrogens is 160 g/mol. The molecule has 1 atom stereocenters. The van der Waals surface area contributed by atoms with Crippen LogP contribution in [0.4, 0.5) is 0 Å². The highest BCUT2D eigenvalue weighted by Crippen LogP contribution is 2.31. The van der Waals surface area contributed by atoms with Crippen molar-refractivity contribution < 1.29 is 4.74 Å². The first-order valence-electron chi connectivity index (χ1n) is 4.98. The van der Waals surface area contributed by atoms with Crippen LogP contribution in [-0.2, 0) is 11.2 Å². The van der Waals surface area contributed by atoms with Crippen LogP contribution >= 0.6 is 0 Å². The van der Waals surface area contributed by atoms with Crippen molar-refractivity contribution in [2.24, 2.45) is 0 Å². The lowest BCUT2D eigenvalue weighted by Crippen LogP contribution is -2.13. The third kappa shape index (κ3) is 1.75. The molecule has 0 unspecified atom stereocenters. The first-order chi connectivity index (χ1) is 6.42. The standard InChI is InChI=1S/C12H16O/c1-13-9-11-7-4-6-10-5-2-3-8-12(10)11/h2-3,5,8,11H,4,6-7,9H2,1H3/t11-/m1/s1. The predicted octanol–water partition coefficient (Wildman–Crippen LogP) is 2.75. The number of fused-ring (bicyclic) bond motifs is 1. The Labute approximate surface area is 79.7 Å². The monoisotopic (exact) mass is 176 g/mol. The average molecular weight is 176 g/mol. The number of methoxy groups -OCH3 is 1. The normalized spacial score (nSPS) is 21.2. The molecule has 1 aliphatic rings. The molecule has 1 aliphatic carbocycles. The number of ether oxygens (including phenoxy) is 1. The van der Waals surface area contributed by atoms with Gasteiger partial charge < -0.3 is 4.74 Å². The van der Waals surface area contributed by atoms with Crippen LogP contribution in [-0.4, -0.2) is 13.7 Å². The Bertz CT molecular complexity index is 280. The minimum Gasteiger partial charge on any atom is -0.384 e. The van der Waals surface area contributed by atoms with Gasteiger partial charge in [-0.3, -0.25) is 0 Å². The fourth-order valence-electron chi connectivity index (χ4n) is 2.23. The number of aryl methyl sites for hydroxylation is 1. The Hall–Kier alpha value is -0.820. The van der Waals surface area contributed by atoms with E-state index in [0.717, 1.165) is 6.61 Å². The molecule has 2 rings (SSSR count). The Morgan fingerprint density at radius 1 is 1.38 bits per heavy atom. The van der Waals surface area contributed by atoms with Crippen molar-refractivity contribution in [3.8, 4) is 0 Å². The summed E-state index contributed by atoms with van der Waals surface area (Å²) < 4.78 is 5.24. The Morgan fingerprint density at radius 3 is 3.08 bits per heavy atom. The van der Waals surface area contributed by atoms with E-state index >= 15 is 0 Å². The van der Waals surface area contributed by atoms with Gasteiger partial charge in [-0.05, 0) is 30.4 Å². The highest BCUT2D eigenvalue weighted by molar-refractivity contribution is 5.32. The SMILES string of the molecule is COC[C@H]1CCCc2ccccc21. The van der Waals surface area contributed by atoms with Gasteiger partial charge in [0.15, 0.2) is 0 Å². The first kappa shape index (κ1) is 8.76. The molecule has 1 aromatic rings. The summed E-state index contributed by atoms with van der Waals surface area (Å²) in [4.78, 5) is 0. The largest absolute Gasteiger partial charge is 0.384 e. The lowest BCUT2D eigenvalue weighted by Gasteiger charge is -2.24. The second-order valence-electron chi connectivity index (χ2n) is 3.74. The fraction of sp³-hybridized carbons (Fsp3) is 0.500. The lowest BCUT2D eigenvalue weighted by molar-refractivity contribution is 0.172. The smallest absolute Gasteiger partial charge is 0.0531 e. The van der Waals surface area contributed by atoms with E-state index < -0.39 is 0 Å². The molecule has 0 amide bonds. The van der Waals surface area contributed by atoms with Gasteiger partial charge >= 0.3 is 0 Å². The maximum Gasteiger partial charge on any atom is 0.0531 e. The summed E-state index contributed by atoms with van der Waals surface area (Å²) in [7, 11) is 1.79. The van der Waals surface area contributed by atoms with Crippen LogP contribution in [0.1, 0.15) is 29.9 Å². The van der Waals surface area contributed by atoms with Crippen molar-refractivity contribution in [2.75, 3.05) is 13.7 Å². The quantitative estimate of drug-likeness (QED) is 0.673. The zero-order valence-electron chi connectivity index (χ0n) is 8.12. The molecule has 0 aromatic heterocycles. The van der Waals surface area contributed by atoms with E-state index in [2.05, 4.69) is 24.3 Å². The molecule has 0 saturated carbocycles. The summed E-state index contributed by atoms with van der Waals surface area (Å²) in [5.41, 5.74) is 3.03. The predicted molar refractivity (Wildman–Crippen MR) is 54.0 cm³/mol. The van der Waals surface area contributed by atoms with E-state index in [-0.39, 0.29) is 0 Å². The zero-order valence-corrected chi connectivity index (χ0v) is 8.12. The third-order valence-corrected chi connectivity index (χ3v) is 2.86. The van der Waals surface area contributed by atoms with Crippen molar-refractivity contribution in [3.05, 3.63) is 35.4 Å². The van der Waals surface area contributed by atoms with E-state index in [1.165, 1.54) is 30.4 Å². The fourth-order valence-corrected chi connectivity index (χ4v) is 2.23. The van der Waals surface area contributed by atoms with Crippen LogP contribution in [0.2, 0.25) is 0 Å². The highest BCUT2D eigenvalue weighted by Gasteiger charge is 2.18. The van der Waals surface area contributed by atoms with Crippen molar-refractivity contribution >= 4 is 0 Å². The molecule has 0 saturated heterocycles. The molecule has 0 bridgehead atoms. The molecule has 0 radical (unpaired) electrons. The molecule has 0 heterocycles. The summed E-state index contributed by atoms with van der Waals surface area (Å²) in [6.45, 7) is 0.872. The van der Waals surface area contributed by atoms with Gasteiger partial charge in [-0.15, -0.1) is 0 Å². The first-order valence-corrected chi connectivity index (χ1v) is 4.98. The molecule has 0 aliphatic heterocycles.